The van der Waals surface area contributed by atoms with Crippen LogP contribution < -0.4 is 4.90 Å². The predicted molar refractivity (Wildman–Crippen MR) is 228 cm³/mol. The van der Waals surface area contributed by atoms with Crippen molar-refractivity contribution >= 4 is 49.8 Å². The molecule has 0 N–H and O–H groups in total. The van der Waals surface area contributed by atoms with E-state index in [4.69, 9.17) is 4.42 Å². The molecule has 0 radical (unpaired) electrons. The van der Waals surface area contributed by atoms with E-state index in [1.165, 1.54) is 38.6 Å². The van der Waals surface area contributed by atoms with Crippen molar-refractivity contribution in [3.63, 3.8) is 0 Å². The summed E-state index contributed by atoms with van der Waals surface area (Å²) in [7, 11) is 0. The van der Waals surface area contributed by atoms with Crippen molar-refractivity contribution in [3.05, 3.63) is 212 Å². The summed E-state index contributed by atoms with van der Waals surface area (Å²) in [6.45, 7) is 0. The Kier molecular flexibility index (Phi) is 7.85. The number of benzene rings is 9. The Morgan fingerprint density at radius 2 is 0.889 bits per heavy atom. The molecule has 0 aliphatic rings. The molecule has 0 saturated heterocycles. The number of hydrogen-bond donors (Lipinski definition) is 0. The van der Waals surface area contributed by atoms with E-state index in [1.54, 1.807) is 0 Å². The normalized spacial score (nSPS) is 11.3. The lowest BCUT2D eigenvalue weighted by atomic mass is 9.96. The minimum absolute atomic E-state index is 0.893. The van der Waals surface area contributed by atoms with Crippen LogP contribution in [0, 0.1) is 0 Å². The van der Waals surface area contributed by atoms with Crippen molar-refractivity contribution in [2.45, 2.75) is 0 Å². The summed E-state index contributed by atoms with van der Waals surface area (Å²) in [4.78, 5) is 2.39. The van der Waals surface area contributed by atoms with Crippen molar-refractivity contribution in [2.75, 3.05) is 4.90 Å². The van der Waals surface area contributed by atoms with E-state index < -0.39 is 0 Å². The van der Waals surface area contributed by atoms with E-state index >= 15 is 0 Å². The molecule has 0 fully saturated rings. The van der Waals surface area contributed by atoms with Gasteiger partial charge in [-0.2, -0.15) is 0 Å². The average molecular weight is 690 g/mol. The monoisotopic (exact) mass is 689 g/mol. The first-order chi connectivity index (χ1) is 26.7. The molecule has 1 heterocycles. The summed E-state index contributed by atoms with van der Waals surface area (Å²) in [5.74, 6) is 0. The smallest absolute Gasteiger partial charge is 0.135 e. The van der Waals surface area contributed by atoms with Crippen LogP contribution in [0.3, 0.4) is 0 Å². The highest BCUT2D eigenvalue weighted by Crippen LogP contribution is 2.43. The van der Waals surface area contributed by atoms with E-state index in [-0.39, 0.29) is 0 Å². The van der Waals surface area contributed by atoms with Gasteiger partial charge in [0.15, 0.2) is 0 Å². The van der Waals surface area contributed by atoms with Gasteiger partial charge in [-0.25, -0.2) is 0 Å². The van der Waals surface area contributed by atoms with Gasteiger partial charge in [0, 0.05) is 27.7 Å². The largest absolute Gasteiger partial charge is 0.456 e. The molecule has 0 aliphatic heterocycles. The number of hydrogen-bond acceptors (Lipinski definition) is 2. The van der Waals surface area contributed by atoms with E-state index in [0.717, 1.165) is 55.7 Å². The zero-order valence-electron chi connectivity index (χ0n) is 29.6. The molecule has 0 amide bonds. The molecule has 0 unspecified atom stereocenters. The summed E-state index contributed by atoms with van der Waals surface area (Å²) in [6.07, 6.45) is 0. The van der Waals surface area contributed by atoms with Crippen LogP contribution in [-0.4, -0.2) is 0 Å². The second-order valence-corrected chi connectivity index (χ2v) is 13.8. The number of nitrogens with zero attached hydrogens (tertiary/aromatic N) is 1. The first kappa shape index (κ1) is 31.6. The molecule has 2 heteroatoms. The van der Waals surface area contributed by atoms with Gasteiger partial charge in [0.05, 0.1) is 5.69 Å². The van der Waals surface area contributed by atoms with Crippen LogP contribution in [-0.2, 0) is 0 Å². The quantitative estimate of drug-likeness (QED) is 0.166. The molecular formula is C52H35NO. The summed E-state index contributed by atoms with van der Waals surface area (Å²) in [6, 6.07) is 76.0. The average Bonchev–Trinajstić information content (AvgIpc) is 3.63. The lowest BCUT2D eigenvalue weighted by molar-refractivity contribution is 0.669. The fourth-order valence-corrected chi connectivity index (χ4v) is 7.74. The molecular weight excluding hydrogens is 655 g/mol. The Bertz CT molecular complexity index is 2940. The zero-order chi connectivity index (χ0) is 35.8. The molecule has 2 nitrogen and oxygen atoms in total. The van der Waals surface area contributed by atoms with E-state index in [1.807, 2.05) is 12.1 Å². The second kappa shape index (κ2) is 13.4. The fraction of sp³-hybridized carbons (Fsp3) is 0. The maximum Gasteiger partial charge on any atom is 0.135 e. The molecule has 0 bridgehead atoms. The molecule has 10 rings (SSSR count). The second-order valence-electron chi connectivity index (χ2n) is 13.8. The maximum atomic E-state index is 6.21. The van der Waals surface area contributed by atoms with Gasteiger partial charge in [0.2, 0.25) is 0 Å². The van der Waals surface area contributed by atoms with Gasteiger partial charge >= 0.3 is 0 Å². The first-order valence-electron chi connectivity index (χ1n) is 18.4. The van der Waals surface area contributed by atoms with Gasteiger partial charge in [-0.05, 0) is 110 Å². The molecule has 54 heavy (non-hydrogen) atoms. The Morgan fingerprint density at radius 3 is 1.74 bits per heavy atom. The van der Waals surface area contributed by atoms with Crippen LogP contribution in [0.2, 0.25) is 0 Å². The highest BCUT2D eigenvalue weighted by Gasteiger charge is 2.19. The Hall–Kier alpha value is -7.16. The van der Waals surface area contributed by atoms with Gasteiger partial charge in [0.25, 0.3) is 0 Å². The van der Waals surface area contributed by atoms with E-state index in [2.05, 4.69) is 205 Å². The maximum absolute atomic E-state index is 6.21. The molecule has 0 saturated carbocycles. The zero-order valence-corrected chi connectivity index (χ0v) is 29.6. The minimum Gasteiger partial charge on any atom is -0.456 e. The summed E-state index contributed by atoms with van der Waals surface area (Å²) in [5, 5.41) is 4.74. The van der Waals surface area contributed by atoms with E-state index in [0.29, 0.717) is 0 Å². The molecule has 10 aromatic rings. The highest BCUT2D eigenvalue weighted by molar-refractivity contribution is 6.07. The molecule has 0 aliphatic carbocycles. The number of anilines is 3. The van der Waals surface area contributed by atoms with Crippen LogP contribution >= 0.6 is 0 Å². The van der Waals surface area contributed by atoms with Gasteiger partial charge in [-0.1, -0.05) is 152 Å². The van der Waals surface area contributed by atoms with Crippen molar-refractivity contribution < 1.29 is 4.42 Å². The lowest BCUT2D eigenvalue weighted by Gasteiger charge is -2.28. The van der Waals surface area contributed by atoms with Gasteiger partial charge < -0.3 is 9.32 Å². The standard InChI is InChI=1S/C52H35NO/c1-2-12-36(13-3-1)38-26-29-45(30-27-38)53(50-22-8-6-20-47(50)44-28-31-52-49(35-44)48-21-7-9-23-51(48)54-52)46-19-11-18-42(34-46)40-16-10-17-41(33-40)43-25-24-37-14-4-5-15-39(37)32-43/h1-35H. The lowest BCUT2D eigenvalue weighted by Crippen LogP contribution is -2.11. The van der Waals surface area contributed by atoms with Crippen molar-refractivity contribution in [3.8, 4) is 44.5 Å². The van der Waals surface area contributed by atoms with Crippen molar-refractivity contribution in [2.24, 2.45) is 0 Å². The summed E-state index contributed by atoms with van der Waals surface area (Å²) < 4.78 is 6.21. The summed E-state index contributed by atoms with van der Waals surface area (Å²) >= 11 is 0. The highest BCUT2D eigenvalue weighted by atomic mass is 16.3. The van der Waals surface area contributed by atoms with Crippen LogP contribution in [0.5, 0.6) is 0 Å². The topological polar surface area (TPSA) is 16.4 Å². The molecule has 1 aromatic heterocycles. The summed E-state index contributed by atoms with van der Waals surface area (Å²) in [5.41, 5.74) is 14.5. The third kappa shape index (κ3) is 5.81. The number of rotatable bonds is 7. The third-order valence-electron chi connectivity index (χ3n) is 10.4. The first-order valence-corrected chi connectivity index (χ1v) is 18.4. The Morgan fingerprint density at radius 1 is 0.296 bits per heavy atom. The molecule has 9 aromatic carbocycles. The predicted octanol–water partition coefficient (Wildman–Crippen LogP) is 14.9. The van der Waals surface area contributed by atoms with Crippen LogP contribution in [0.15, 0.2) is 217 Å². The molecule has 254 valence electrons. The van der Waals surface area contributed by atoms with E-state index in [9.17, 15) is 0 Å². The third-order valence-corrected chi connectivity index (χ3v) is 10.4. The van der Waals surface area contributed by atoms with Gasteiger partial charge in [0.1, 0.15) is 11.2 Å². The van der Waals surface area contributed by atoms with Gasteiger partial charge in [-0.3, -0.25) is 0 Å². The van der Waals surface area contributed by atoms with Crippen molar-refractivity contribution in [1.29, 1.82) is 0 Å². The molecule has 0 spiro atoms. The van der Waals surface area contributed by atoms with Crippen LogP contribution in [0.4, 0.5) is 17.1 Å². The number of fused-ring (bicyclic) bond motifs is 4. The van der Waals surface area contributed by atoms with Crippen LogP contribution in [0.25, 0.3) is 77.2 Å². The van der Waals surface area contributed by atoms with Crippen LogP contribution in [0.1, 0.15) is 0 Å². The SMILES string of the molecule is c1ccc(-c2ccc(N(c3cccc(-c4cccc(-c5ccc6ccccc6c5)c4)c3)c3ccccc3-c3ccc4oc5ccccc5c4c3)cc2)cc1. The number of para-hydroxylation sites is 2. The minimum atomic E-state index is 0.893. The Labute approximate surface area is 314 Å². The van der Waals surface area contributed by atoms with Gasteiger partial charge in [-0.15, -0.1) is 0 Å². The molecule has 0 atom stereocenters. The fourth-order valence-electron chi connectivity index (χ4n) is 7.74. The van der Waals surface area contributed by atoms with Crippen molar-refractivity contribution in [1.82, 2.24) is 0 Å². The number of furan rings is 1. The Balaban J connectivity index is 1.10.